The molecule has 24 heavy (non-hydrogen) atoms. The number of thiophene rings is 1. The van der Waals surface area contributed by atoms with E-state index in [1.165, 1.54) is 0 Å². The van der Waals surface area contributed by atoms with Crippen LogP contribution >= 0.6 is 11.3 Å². The topological polar surface area (TPSA) is 38.8 Å². The Bertz CT molecular complexity index is 754. The molecule has 4 nitrogen and oxygen atoms in total. The molecular weight excluding hydrogens is 322 g/mol. The fraction of sp³-hybridized carbons (Fsp3) is 0.316. The third kappa shape index (κ3) is 3.04. The monoisotopic (exact) mass is 341 g/mol. The third-order valence-electron chi connectivity index (χ3n) is 4.45. The Hall–Kier alpha value is -2.27. The average Bonchev–Trinajstić information content (AvgIpc) is 3.31. The number of nitrogens with zero attached hydrogens (tertiary/aromatic N) is 1. The molecule has 1 unspecified atom stereocenters. The molecule has 1 fully saturated rings. The Morgan fingerprint density at radius 1 is 1.21 bits per heavy atom. The van der Waals surface area contributed by atoms with Crippen molar-refractivity contribution in [3.05, 3.63) is 52.2 Å². The number of carbonyl (C=O) groups is 1. The second-order valence-electron chi connectivity index (χ2n) is 5.98. The van der Waals surface area contributed by atoms with Crippen LogP contribution < -0.4 is 9.47 Å². The summed E-state index contributed by atoms with van der Waals surface area (Å²) in [7, 11) is 0. The van der Waals surface area contributed by atoms with Gasteiger partial charge in [0.05, 0.1) is 6.04 Å². The van der Waals surface area contributed by atoms with E-state index in [0.29, 0.717) is 13.2 Å². The zero-order valence-corrected chi connectivity index (χ0v) is 14.1. The maximum absolute atomic E-state index is 12.6. The first-order chi connectivity index (χ1) is 11.8. The van der Waals surface area contributed by atoms with Gasteiger partial charge in [0.25, 0.3) is 0 Å². The fourth-order valence-corrected chi connectivity index (χ4v) is 3.91. The molecule has 2 aromatic rings. The number of benzene rings is 1. The van der Waals surface area contributed by atoms with E-state index in [4.69, 9.17) is 9.47 Å². The molecule has 2 aliphatic rings. The largest absolute Gasteiger partial charge is 0.486 e. The van der Waals surface area contributed by atoms with Crippen molar-refractivity contribution in [1.82, 2.24) is 4.90 Å². The van der Waals surface area contributed by atoms with Crippen molar-refractivity contribution < 1.29 is 14.3 Å². The van der Waals surface area contributed by atoms with E-state index in [0.717, 1.165) is 42.0 Å². The lowest BCUT2D eigenvalue weighted by Gasteiger charge is -2.26. The van der Waals surface area contributed by atoms with Crippen molar-refractivity contribution in [2.24, 2.45) is 0 Å². The quantitative estimate of drug-likeness (QED) is 0.795. The van der Waals surface area contributed by atoms with Crippen LogP contribution in [-0.2, 0) is 4.79 Å². The molecule has 3 heterocycles. The number of rotatable bonds is 3. The van der Waals surface area contributed by atoms with Gasteiger partial charge in [-0.1, -0.05) is 6.07 Å². The number of hydrogen-bond acceptors (Lipinski definition) is 4. The molecule has 0 saturated carbocycles. The summed E-state index contributed by atoms with van der Waals surface area (Å²) in [5.74, 6) is 1.64. The highest BCUT2D eigenvalue weighted by Crippen LogP contribution is 2.38. The Morgan fingerprint density at radius 2 is 2.08 bits per heavy atom. The molecule has 0 N–H and O–H groups in total. The van der Waals surface area contributed by atoms with E-state index >= 15 is 0 Å². The summed E-state index contributed by atoms with van der Waals surface area (Å²) in [5.41, 5.74) is 2.19. The highest BCUT2D eigenvalue weighted by molar-refractivity contribution is 7.08. The van der Waals surface area contributed by atoms with Crippen LogP contribution in [-0.4, -0.2) is 30.6 Å². The van der Waals surface area contributed by atoms with E-state index in [1.807, 2.05) is 46.0 Å². The summed E-state index contributed by atoms with van der Waals surface area (Å²) in [6, 6.07) is 8.14. The van der Waals surface area contributed by atoms with Gasteiger partial charge in [-0.2, -0.15) is 11.3 Å². The van der Waals surface area contributed by atoms with E-state index < -0.39 is 0 Å². The molecule has 4 rings (SSSR count). The molecule has 2 aliphatic heterocycles. The number of carbonyl (C=O) groups excluding carboxylic acids is 1. The number of fused-ring (bicyclic) bond motifs is 1. The van der Waals surface area contributed by atoms with E-state index in [-0.39, 0.29) is 11.9 Å². The highest BCUT2D eigenvalue weighted by atomic mass is 32.1. The van der Waals surface area contributed by atoms with Crippen molar-refractivity contribution in [2.45, 2.75) is 18.9 Å². The Morgan fingerprint density at radius 3 is 2.92 bits per heavy atom. The van der Waals surface area contributed by atoms with Gasteiger partial charge in [0.1, 0.15) is 13.2 Å². The van der Waals surface area contributed by atoms with Gasteiger partial charge in [0.15, 0.2) is 11.5 Å². The van der Waals surface area contributed by atoms with E-state index in [9.17, 15) is 4.79 Å². The van der Waals surface area contributed by atoms with Crippen molar-refractivity contribution in [2.75, 3.05) is 19.8 Å². The molecule has 1 aromatic carbocycles. The average molecular weight is 341 g/mol. The van der Waals surface area contributed by atoms with Crippen molar-refractivity contribution in [3.63, 3.8) is 0 Å². The zero-order chi connectivity index (χ0) is 16.4. The first kappa shape index (κ1) is 15.3. The lowest BCUT2D eigenvalue weighted by Crippen LogP contribution is -2.29. The van der Waals surface area contributed by atoms with Gasteiger partial charge >= 0.3 is 0 Å². The number of likely N-dealkylation sites (tertiary alicyclic amines) is 1. The SMILES string of the molecule is O=C(C=Cc1ccsc1)N1CCCC1c1ccc2c(c1)OCCO2. The summed E-state index contributed by atoms with van der Waals surface area (Å²) in [6.07, 6.45) is 5.57. The molecule has 1 amide bonds. The summed E-state index contributed by atoms with van der Waals surface area (Å²) in [4.78, 5) is 14.6. The smallest absolute Gasteiger partial charge is 0.247 e. The van der Waals surface area contributed by atoms with Gasteiger partial charge in [0, 0.05) is 12.6 Å². The maximum Gasteiger partial charge on any atom is 0.247 e. The predicted molar refractivity (Wildman–Crippen MR) is 94.5 cm³/mol. The lowest BCUT2D eigenvalue weighted by atomic mass is 10.0. The van der Waals surface area contributed by atoms with Gasteiger partial charge in [-0.3, -0.25) is 4.79 Å². The Kier molecular flexibility index (Phi) is 4.26. The number of ether oxygens (including phenoxy) is 2. The minimum atomic E-state index is 0.0681. The number of hydrogen-bond donors (Lipinski definition) is 0. The second-order valence-corrected chi connectivity index (χ2v) is 6.76. The molecule has 0 aliphatic carbocycles. The fourth-order valence-electron chi connectivity index (χ4n) is 3.28. The molecule has 5 heteroatoms. The minimum Gasteiger partial charge on any atom is -0.486 e. The van der Waals surface area contributed by atoms with E-state index in [1.54, 1.807) is 17.4 Å². The summed E-state index contributed by atoms with van der Waals surface area (Å²) in [5, 5.41) is 4.05. The number of amides is 1. The standard InChI is InChI=1S/C19H19NO3S/c21-19(6-3-14-7-11-24-13-14)20-8-1-2-16(20)15-4-5-17-18(12-15)23-10-9-22-17/h3-7,11-13,16H,1-2,8-10H2. The van der Waals surface area contributed by atoms with Gasteiger partial charge in [-0.25, -0.2) is 0 Å². The Labute approximate surface area is 145 Å². The third-order valence-corrected chi connectivity index (χ3v) is 5.15. The summed E-state index contributed by atoms with van der Waals surface area (Å²) < 4.78 is 11.3. The van der Waals surface area contributed by atoms with Crippen LogP contribution in [0.2, 0.25) is 0 Å². The molecule has 0 spiro atoms. The first-order valence-electron chi connectivity index (χ1n) is 8.22. The van der Waals surface area contributed by atoms with Gasteiger partial charge in [-0.05, 0) is 59.0 Å². The molecular formula is C19H19NO3S. The van der Waals surface area contributed by atoms with Crippen LogP contribution in [0.1, 0.15) is 30.0 Å². The van der Waals surface area contributed by atoms with Crippen LogP contribution in [0, 0.1) is 0 Å². The predicted octanol–water partition coefficient (Wildman–Crippen LogP) is 3.90. The minimum absolute atomic E-state index is 0.0681. The maximum atomic E-state index is 12.6. The Balaban J connectivity index is 1.53. The molecule has 0 radical (unpaired) electrons. The summed E-state index contributed by atoms with van der Waals surface area (Å²) in [6.45, 7) is 1.97. The van der Waals surface area contributed by atoms with Crippen LogP contribution in [0.3, 0.4) is 0 Å². The normalized spacial score (nSPS) is 19.8. The molecule has 1 saturated heterocycles. The van der Waals surface area contributed by atoms with Crippen molar-refractivity contribution >= 4 is 23.3 Å². The molecule has 0 bridgehead atoms. The van der Waals surface area contributed by atoms with Crippen molar-refractivity contribution in [3.8, 4) is 11.5 Å². The van der Waals surface area contributed by atoms with Crippen LogP contribution in [0.25, 0.3) is 6.08 Å². The summed E-state index contributed by atoms with van der Waals surface area (Å²) >= 11 is 1.63. The second kappa shape index (κ2) is 6.69. The first-order valence-corrected chi connectivity index (χ1v) is 9.16. The van der Waals surface area contributed by atoms with Gasteiger partial charge < -0.3 is 14.4 Å². The van der Waals surface area contributed by atoms with Gasteiger partial charge in [-0.15, -0.1) is 0 Å². The zero-order valence-electron chi connectivity index (χ0n) is 13.3. The van der Waals surface area contributed by atoms with Crippen molar-refractivity contribution in [1.29, 1.82) is 0 Å². The lowest BCUT2D eigenvalue weighted by molar-refractivity contribution is -0.126. The highest BCUT2D eigenvalue weighted by Gasteiger charge is 2.29. The molecule has 124 valence electrons. The molecule has 1 atom stereocenters. The van der Waals surface area contributed by atoms with Crippen LogP contribution in [0.15, 0.2) is 41.1 Å². The van der Waals surface area contributed by atoms with Gasteiger partial charge in [0.2, 0.25) is 5.91 Å². The van der Waals surface area contributed by atoms with Crippen LogP contribution in [0.4, 0.5) is 0 Å². The van der Waals surface area contributed by atoms with E-state index in [2.05, 4.69) is 0 Å². The van der Waals surface area contributed by atoms with Crippen LogP contribution in [0.5, 0.6) is 11.5 Å². The molecule has 1 aromatic heterocycles.